The molecule has 0 aliphatic heterocycles. The van der Waals surface area contributed by atoms with Gasteiger partial charge in [0.2, 0.25) is 0 Å². The van der Waals surface area contributed by atoms with Crippen LogP contribution < -0.4 is 0 Å². The first kappa shape index (κ1) is 8.56. The summed E-state index contributed by atoms with van der Waals surface area (Å²) in [6.45, 7) is 7.09. The van der Waals surface area contributed by atoms with Gasteiger partial charge in [0.1, 0.15) is 0 Å². The molecular formula is C6H11NOS. The summed E-state index contributed by atoms with van der Waals surface area (Å²) in [4.78, 5) is 10.7. The minimum absolute atomic E-state index is 0.124. The van der Waals surface area contributed by atoms with Gasteiger partial charge >= 0.3 is 0 Å². The topological polar surface area (TPSA) is 20.3 Å². The number of carbonyl (C=O) groups is 1. The van der Waals surface area contributed by atoms with E-state index in [0.29, 0.717) is 0 Å². The Balaban J connectivity index is 3.87. The molecule has 0 N–H and O–H groups in total. The van der Waals surface area contributed by atoms with Crippen molar-refractivity contribution in [2.75, 3.05) is 0 Å². The van der Waals surface area contributed by atoms with Crippen molar-refractivity contribution in [1.82, 2.24) is 4.31 Å². The van der Waals surface area contributed by atoms with Gasteiger partial charge in [0.05, 0.1) is 0 Å². The lowest BCUT2D eigenvalue weighted by Gasteiger charge is -2.16. The number of amides is 1. The third-order valence-corrected chi connectivity index (χ3v) is 1.55. The first-order valence-corrected chi connectivity index (χ1v) is 3.14. The summed E-state index contributed by atoms with van der Waals surface area (Å²) in [5.74, 6) is -0.159. The van der Waals surface area contributed by atoms with Gasteiger partial charge in [0.15, 0.2) is 0 Å². The molecule has 0 aromatic heterocycles. The second-order valence-electron chi connectivity index (χ2n) is 1.98. The van der Waals surface area contributed by atoms with Gasteiger partial charge in [-0.2, -0.15) is 0 Å². The van der Waals surface area contributed by atoms with Gasteiger partial charge in [0, 0.05) is 6.04 Å². The van der Waals surface area contributed by atoms with Crippen LogP contribution in [0.2, 0.25) is 0 Å². The van der Waals surface area contributed by atoms with Crippen LogP contribution in [0.3, 0.4) is 0 Å². The first-order chi connectivity index (χ1) is 4.09. The second-order valence-corrected chi connectivity index (χ2v) is 2.41. The average Bonchev–Trinajstić information content (AvgIpc) is 1.84. The zero-order chi connectivity index (χ0) is 7.44. The lowest BCUT2D eigenvalue weighted by molar-refractivity contribution is -0.122. The molecule has 0 aliphatic carbocycles. The van der Waals surface area contributed by atoms with Crippen LogP contribution in [-0.2, 0) is 4.79 Å². The van der Waals surface area contributed by atoms with Crippen LogP contribution in [0.4, 0.5) is 0 Å². The zero-order valence-corrected chi connectivity index (χ0v) is 6.56. The van der Waals surface area contributed by atoms with E-state index in [4.69, 9.17) is 0 Å². The summed E-state index contributed by atoms with van der Waals surface area (Å²) in [6.07, 6.45) is 1.24. The SMILES string of the molecule is C=CC(=O)N(S)C(C)C. The van der Waals surface area contributed by atoms with E-state index in [0.717, 1.165) is 0 Å². The number of hydrogen-bond donors (Lipinski definition) is 1. The fourth-order valence-electron chi connectivity index (χ4n) is 0.348. The molecule has 0 spiro atoms. The Labute approximate surface area is 61.1 Å². The van der Waals surface area contributed by atoms with Crippen LogP contribution in [0.1, 0.15) is 13.8 Å². The molecule has 0 bridgehead atoms. The Kier molecular flexibility index (Phi) is 3.39. The molecule has 0 aliphatic rings. The molecular weight excluding hydrogens is 134 g/mol. The highest BCUT2D eigenvalue weighted by molar-refractivity contribution is 7.78. The van der Waals surface area contributed by atoms with Gasteiger partial charge in [0.25, 0.3) is 5.91 Å². The van der Waals surface area contributed by atoms with Crippen molar-refractivity contribution in [3.63, 3.8) is 0 Å². The van der Waals surface area contributed by atoms with Crippen molar-refractivity contribution >= 4 is 18.7 Å². The molecule has 0 rings (SSSR count). The fraction of sp³-hybridized carbons (Fsp3) is 0.500. The standard InChI is InChI=1S/C6H11NOS/c1-4-6(8)7(9)5(2)3/h4-5,9H,1H2,2-3H3. The van der Waals surface area contributed by atoms with Crippen LogP contribution in [0, 0.1) is 0 Å². The van der Waals surface area contributed by atoms with Crippen molar-refractivity contribution in [3.05, 3.63) is 12.7 Å². The third-order valence-electron chi connectivity index (χ3n) is 0.890. The molecule has 0 atom stereocenters. The predicted molar refractivity (Wildman–Crippen MR) is 41.2 cm³/mol. The monoisotopic (exact) mass is 145 g/mol. The van der Waals surface area contributed by atoms with E-state index in [1.165, 1.54) is 10.4 Å². The summed E-state index contributed by atoms with van der Waals surface area (Å²) >= 11 is 3.91. The second kappa shape index (κ2) is 3.56. The average molecular weight is 145 g/mol. The minimum atomic E-state index is -0.159. The smallest absolute Gasteiger partial charge is 0.255 e. The van der Waals surface area contributed by atoms with E-state index in [2.05, 4.69) is 19.4 Å². The molecule has 0 fully saturated rings. The Morgan fingerprint density at radius 3 is 2.33 bits per heavy atom. The van der Waals surface area contributed by atoms with E-state index < -0.39 is 0 Å². The lowest BCUT2D eigenvalue weighted by atomic mass is 10.4. The van der Waals surface area contributed by atoms with E-state index in [-0.39, 0.29) is 11.9 Å². The molecule has 2 nitrogen and oxygen atoms in total. The van der Waals surface area contributed by atoms with Crippen molar-refractivity contribution < 1.29 is 4.79 Å². The van der Waals surface area contributed by atoms with E-state index >= 15 is 0 Å². The molecule has 3 heteroatoms. The van der Waals surface area contributed by atoms with Gasteiger partial charge in [-0.3, -0.25) is 9.10 Å². The highest BCUT2D eigenvalue weighted by Gasteiger charge is 2.07. The molecule has 0 saturated carbocycles. The van der Waals surface area contributed by atoms with Crippen molar-refractivity contribution in [1.29, 1.82) is 0 Å². The molecule has 9 heavy (non-hydrogen) atoms. The van der Waals surface area contributed by atoms with Gasteiger partial charge in [-0.25, -0.2) is 0 Å². The Morgan fingerprint density at radius 1 is 1.78 bits per heavy atom. The van der Waals surface area contributed by atoms with Crippen LogP contribution in [0.5, 0.6) is 0 Å². The number of carbonyl (C=O) groups excluding carboxylic acids is 1. The summed E-state index contributed by atoms with van der Waals surface area (Å²) in [5, 5.41) is 0. The van der Waals surface area contributed by atoms with Crippen molar-refractivity contribution in [2.24, 2.45) is 0 Å². The van der Waals surface area contributed by atoms with Gasteiger partial charge in [-0.1, -0.05) is 19.4 Å². The van der Waals surface area contributed by atoms with E-state index in [1.807, 2.05) is 13.8 Å². The third kappa shape index (κ3) is 2.56. The lowest BCUT2D eigenvalue weighted by Crippen LogP contribution is -2.26. The maximum absolute atomic E-state index is 10.7. The largest absolute Gasteiger partial charge is 0.283 e. The van der Waals surface area contributed by atoms with E-state index in [9.17, 15) is 4.79 Å². The highest BCUT2D eigenvalue weighted by atomic mass is 32.1. The number of thiol groups is 1. The number of nitrogens with zero attached hydrogens (tertiary/aromatic N) is 1. The van der Waals surface area contributed by atoms with Crippen LogP contribution in [0.15, 0.2) is 12.7 Å². The van der Waals surface area contributed by atoms with Gasteiger partial charge < -0.3 is 0 Å². The molecule has 0 radical (unpaired) electrons. The molecule has 0 heterocycles. The maximum atomic E-state index is 10.7. The summed E-state index contributed by atoms with van der Waals surface area (Å²) in [6, 6.07) is 0.124. The van der Waals surface area contributed by atoms with Crippen LogP contribution >= 0.6 is 12.8 Å². The first-order valence-electron chi connectivity index (χ1n) is 2.74. The highest BCUT2D eigenvalue weighted by Crippen LogP contribution is 2.01. The van der Waals surface area contributed by atoms with Gasteiger partial charge in [-0.15, -0.1) is 0 Å². The Hall–Kier alpha value is -0.440. The van der Waals surface area contributed by atoms with Crippen LogP contribution in [-0.4, -0.2) is 16.3 Å². The Bertz CT molecular complexity index is 122. The molecule has 0 aromatic carbocycles. The number of rotatable bonds is 2. The predicted octanol–water partition coefficient (Wildman–Crippen LogP) is 1.25. The maximum Gasteiger partial charge on any atom is 0.255 e. The summed E-state index contributed by atoms with van der Waals surface area (Å²) in [5.41, 5.74) is 0. The molecule has 0 unspecified atom stereocenters. The molecule has 1 amide bonds. The van der Waals surface area contributed by atoms with Gasteiger partial charge in [-0.05, 0) is 19.9 Å². The Morgan fingerprint density at radius 2 is 2.22 bits per heavy atom. The van der Waals surface area contributed by atoms with Crippen LogP contribution in [0.25, 0.3) is 0 Å². The van der Waals surface area contributed by atoms with Crippen molar-refractivity contribution in [3.8, 4) is 0 Å². The molecule has 0 aromatic rings. The van der Waals surface area contributed by atoms with E-state index in [1.54, 1.807) is 0 Å². The summed E-state index contributed by atoms with van der Waals surface area (Å²) in [7, 11) is 0. The van der Waals surface area contributed by atoms with Crippen molar-refractivity contribution in [2.45, 2.75) is 19.9 Å². The molecule has 0 saturated heterocycles. The quantitative estimate of drug-likeness (QED) is 0.458. The summed E-state index contributed by atoms with van der Waals surface area (Å²) < 4.78 is 1.33. The zero-order valence-electron chi connectivity index (χ0n) is 5.66. The molecule has 52 valence electrons. The number of hydrogen-bond acceptors (Lipinski definition) is 2. The normalized spacial score (nSPS) is 9.33. The fourth-order valence-corrected chi connectivity index (χ4v) is 0.430. The minimum Gasteiger partial charge on any atom is -0.283 e.